The van der Waals surface area contributed by atoms with Gasteiger partial charge in [-0.15, -0.1) is 0 Å². The molecule has 0 radical (unpaired) electrons. The molecule has 0 saturated carbocycles. The molecule has 6 nitrogen and oxygen atoms in total. The largest absolute Gasteiger partial charge is 0.363 e. The molecule has 7 heteroatoms. The van der Waals surface area contributed by atoms with Gasteiger partial charge in [0.2, 0.25) is 5.78 Å². The molecule has 3 aromatic rings. The fraction of sp³-hybridized carbons (Fsp3) is 0.100. The summed E-state index contributed by atoms with van der Waals surface area (Å²) in [6.07, 6.45) is 0.173. The third-order valence-electron chi connectivity index (χ3n) is 4.01. The van der Waals surface area contributed by atoms with E-state index in [0.29, 0.717) is 11.3 Å². The van der Waals surface area contributed by atoms with Crippen LogP contribution >= 0.6 is 11.5 Å². The van der Waals surface area contributed by atoms with E-state index in [0.717, 1.165) is 22.7 Å². The summed E-state index contributed by atoms with van der Waals surface area (Å²) in [7, 11) is 0. The predicted molar refractivity (Wildman–Crippen MR) is 103 cm³/mol. The normalized spacial score (nSPS) is 11.6. The van der Waals surface area contributed by atoms with Crippen LogP contribution in [0.4, 0.5) is 0 Å². The van der Waals surface area contributed by atoms with E-state index < -0.39 is 23.6 Å². The van der Waals surface area contributed by atoms with Gasteiger partial charge in [-0.2, -0.15) is 4.37 Å². The number of carbonyl (C=O) groups is 3. The molecule has 136 valence electrons. The van der Waals surface area contributed by atoms with Crippen molar-refractivity contribution in [2.24, 2.45) is 5.73 Å². The molecule has 0 spiro atoms. The molecule has 0 saturated heterocycles. The number of hydrogen-bond donors (Lipinski definition) is 2. The Bertz CT molecular complexity index is 955. The van der Waals surface area contributed by atoms with Crippen molar-refractivity contribution in [3.8, 4) is 11.3 Å². The van der Waals surface area contributed by atoms with Gasteiger partial charge in [-0.3, -0.25) is 14.4 Å². The SMILES string of the molecule is NC(=O)C(=O)C(Cc1ccccc1)NC(=O)c1csnc1-c1ccccc1. The van der Waals surface area contributed by atoms with E-state index in [2.05, 4.69) is 9.69 Å². The average molecular weight is 379 g/mol. The van der Waals surface area contributed by atoms with Crippen LogP contribution < -0.4 is 11.1 Å². The minimum absolute atomic E-state index is 0.173. The molecule has 0 aliphatic rings. The number of aromatic nitrogens is 1. The van der Waals surface area contributed by atoms with Crippen LogP contribution in [0.3, 0.4) is 0 Å². The molecule has 3 rings (SSSR count). The number of nitrogens with zero attached hydrogens (tertiary/aromatic N) is 1. The number of Topliss-reactive ketones (excluding diaryl/α,β-unsaturated/α-hetero) is 1. The Morgan fingerprint density at radius 1 is 1.00 bits per heavy atom. The quantitative estimate of drug-likeness (QED) is 0.614. The van der Waals surface area contributed by atoms with Crippen molar-refractivity contribution in [1.82, 2.24) is 9.69 Å². The first kappa shape index (κ1) is 18.5. The zero-order chi connectivity index (χ0) is 19.2. The number of benzene rings is 2. The monoisotopic (exact) mass is 379 g/mol. The van der Waals surface area contributed by atoms with E-state index in [-0.39, 0.29) is 6.42 Å². The van der Waals surface area contributed by atoms with Gasteiger partial charge in [0.1, 0.15) is 6.04 Å². The third-order valence-corrected chi connectivity index (χ3v) is 4.64. The van der Waals surface area contributed by atoms with Crippen LogP contribution in [0.2, 0.25) is 0 Å². The molecule has 1 unspecified atom stereocenters. The number of amides is 2. The van der Waals surface area contributed by atoms with Crippen LogP contribution in [0.25, 0.3) is 11.3 Å². The molecule has 2 amide bonds. The lowest BCUT2D eigenvalue weighted by Crippen LogP contribution is -2.47. The van der Waals surface area contributed by atoms with Crippen molar-refractivity contribution in [2.45, 2.75) is 12.5 Å². The second kappa shape index (κ2) is 8.37. The Hall–Kier alpha value is -3.32. The van der Waals surface area contributed by atoms with E-state index in [4.69, 9.17) is 5.73 Å². The molecule has 1 atom stereocenters. The van der Waals surface area contributed by atoms with Gasteiger partial charge in [-0.1, -0.05) is 60.7 Å². The minimum Gasteiger partial charge on any atom is -0.363 e. The van der Waals surface area contributed by atoms with E-state index in [1.54, 1.807) is 5.38 Å². The van der Waals surface area contributed by atoms with Gasteiger partial charge in [0, 0.05) is 17.4 Å². The van der Waals surface area contributed by atoms with Crippen LogP contribution in [0, 0.1) is 0 Å². The maximum atomic E-state index is 12.8. The Kier molecular flexibility index (Phi) is 5.73. The predicted octanol–water partition coefficient (Wildman–Crippen LogP) is 2.21. The number of rotatable bonds is 7. The molecule has 0 aliphatic heterocycles. The number of nitrogens with two attached hydrogens (primary N) is 1. The molecular weight excluding hydrogens is 362 g/mol. The Balaban J connectivity index is 1.84. The van der Waals surface area contributed by atoms with Gasteiger partial charge >= 0.3 is 0 Å². The molecule has 1 heterocycles. The molecule has 0 bridgehead atoms. The topological polar surface area (TPSA) is 102 Å². The average Bonchev–Trinajstić information content (AvgIpc) is 3.18. The van der Waals surface area contributed by atoms with Crippen molar-refractivity contribution in [1.29, 1.82) is 0 Å². The Morgan fingerprint density at radius 3 is 2.26 bits per heavy atom. The summed E-state index contributed by atoms with van der Waals surface area (Å²) in [5.74, 6) is -2.39. The highest BCUT2D eigenvalue weighted by molar-refractivity contribution is 7.04. The molecule has 0 aliphatic carbocycles. The summed E-state index contributed by atoms with van der Waals surface area (Å²) in [4.78, 5) is 36.4. The fourth-order valence-electron chi connectivity index (χ4n) is 2.67. The van der Waals surface area contributed by atoms with Gasteiger partial charge in [-0.25, -0.2) is 0 Å². The highest BCUT2D eigenvalue weighted by atomic mass is 32.1. The number of nitrogens with one attached hydrogen (secondary N) is 1. The second-order valence-electron chi connectivity index (χ2n) is 5.89. The Morgan fingerprint density at radius 2 is 1.63 bits per heavy atom. The third kappa shape index (κ3) is 4.45. The maximum Gasteiger partial charge on any atom is 0.287 e. The van der Waals surface area contributed by atoms with Crippen LogP contribution in [-0.2, 0) is 16.0 Å². The molecular formula is C20H17N3O3S. The molecule has 27 heavy (non-hydrogen) atoms. The lowest BCUT2D eigenvalue weighted by Gasteiger charge is -2.16. The number of carbonyl (C=O) groups excluding carboxylic acids is 3. The summed E-state index contributed by atoms with van der Waals surface area (Å²) in [5, 5.41) is 4.25. The highest BCUT2D eigenvalue weighted by Crippen LogP contribution is 2.24. The van der Waals surface area contributed by atoms with Crippen molar-refractivity contribution in [2.75, 3.05) is 0 Å². The smallest absolute Gasteiger partial charge is 0.287 e. The van der Waals surface area contributed by atoms with Crippen LogP contribution in [-0.4, -0.2) is 28.0 Å². The zero-order valence-electron chi connectivity index (χ0n) is 14.3. The van der Waals surface area contributed by atoms with Gasteiger partial charge in [0.15, 0.2) is 0 Å². The number of ketones is 1. The van der Waals surface area contributed by atoms with E-state index >= 15 is 0 Å². The van der Waals surface area contributed by atoms with Gasteiger partial charge in [-0.05, 0) is 17.1 Å². The highest BCUT2D eigenvalue weighted by Gasteiger charge is 2.27. The van der Waals surface area contributed by atoms with Crippen molar-refractivity contribution < 1.29 is 14.4 Å². The molecule has 2 aromatic carbocycles. The van der Waals surface area contributed by atoms with Crippen molar-refractivity contribution in [3.05, 3.63) is 77.2 Å². The van der Waals surface area contributed by atoms with E-state index in [9.17, 15) is 14.4 Å². The fourth-order valence-corrected chi connectivity index (χ4v) is 3.35. The first-order valence-corrected chi connectivity index (χ1v) is 9.08. The standard InChI is InChI=1S/C20H17N3O3S/c21-19(25)18(24)16(11-13-7-3-1-4-8-13)22-20(26)15-12-27-23-17(15)14-9-5-2-6-10-14/h1-10,12,16H,11H2,(H2,21,25)(H,22,26). The van der Waals surface area contributed by atoms with Crippen molar-refractivity contribution in [3.63, 3.8) is 0 Å². The summed E-state index contributed by atoms with van der Waals surface area (Å²) < 4.78 is 4.28. The second-order valence-corrected chi connectivity index (χ2v) is 6.52. The first-order chi connectivity index (χ1) is 13.1. The summed E-state index contributed by atoms with van der Waals surface area (Å²) in [6.45, 7) is 0. The van der Waals surface area contributed by atoms with Gasteiger partial charge in [0.25, 0.3) is 11.8 Å². The molecule has 3 N–H and O–H groups in total. The number of hydrogen-bond acceptors (Lipinski definition) is 5. The van der Waals surface area contributed by atoms with Crippen LogP contribution in [0.1, 0.15) is 15.9 Å². The molecule has 1 aromatic heterocycles. The summed E-state index contributed by atoms with van der Waals surface area (Å²) >= 11 is 1.15. The van der Waals surface area contributed by atoms with Gasteiger partial charge < -0.3 is 11.1 Å². The van der Waals surface area contributed by atoms with E-state index in [1.165, 1.54) is 0 Å². The van der Waals surface area contributed by atoms with Crippen LogP contribution in [0.15, 0.2) is 66.0 Å². The summed E-state index contributed by atoms with van der Waals surface area (Å²) in [6, 6.07) is 17.3. The first-order valence-electron chi connectivity index (χ1n) is 8.24. The molecule has 0 fully saturated rings. The van der Waals surface area contributed by atoms with Crippen LogP contribution in [0.5, 0.6) is 0 Å². The van der Waals surface area contributed by atoms with Gasteiger partial charge in [0.05, 0.1) is 11.3 Å². The lowest BCUT2D eigenvalue weighted by molar-refractivity contribution is -0.137. The summed E-state index contributed by atoms with van der Waals surface area (Å²) in [5.41, 5.74) is 7.64. The van der Waals surface area contributed by atoms with E-state index in [1.807, 2.05) is 60.7 Å². The minimum atomic E-state index is -1.08. The number of primary amides is 1. The Labute approximate surface area is 160 Å². The maximum absolute atomic E-state index is 12.8. The lowest BCUT2D eigenvalue weighted by atomic mass is 10.0. The van der Waals surface area contributed by atoms with Crippen molar-refractivity contribution >= 4 is 29.1 Å². The zero-order valence-corrected chi connectivity index (χ0v) is 15.1.